The van der Waals surface area contributed by atoms with Crippen molar-refractivity contribution < 1.29 is 24.3 Å². The molecule has 0 saturated heterocycles. The zero-order valence-electron chi connectivity index (χ0n) is 41.3. The fourth-order valence-corrected chi connectivity index (χ4v) is 10.5. The number of carbonyl (C=O) groups is 4. The van der Waals surface area contributed by atoms with Crippen LogP contribution >= 0.6 is 45.3 Å². The van der Waals surface area contributed by atoms with Gasteiger partial charge in [0.1, 0.15) is 20.0 Å². The van der Waals surface area contributed by atoms with E-state index in [0.717, 1.165) is 57.5 Å². The summed E-state index contributed by atoms with van der Waals surface area (Å²) in [4.78, 5) is 63.3. The molecule has 6 heterocycles. The number of aliphatic hydroxyl groups excluding tert-OH is 1. The molecule has 4 amide bonds. The van der Waals surface area contributed by atoms with Crippen molar-refractivity contribution in [2.24, 2.45) is 0 Å². The Labute approximate surface area is 448 Å². The van der Waals surface area contributed by atoms with Gasteiger partial charge in [-0.3, -0.25) is 29.1 Å². The number of anilines is 7. The number of unbranched alkanes of at least 4 members (excludes halogenated alkanes) is 1. The Balaban J connectivity index is 0.686. The van der Waals surface area contributed by atoms with Gasteiger partial charge in [-0.25, -0.2) is 0 Å². The number of rotatable bonds is 26. The Hall–Kier alpha value is -7.58. The average Bonchev–Trinajstić information content (AvgIpc) is 4.24. The van der Waals surface area contributed by atoms with Crippen LogP contribution in [0.15, 0.2) is 91.3 Å². The molecule has 0 radical (unpaired) electrons. The first-order valence-corrected chi connectivity index (χ1v) is 27.2. The first-order valence-electron chi connectivity index (χ1n) is 24.0. The number of pyridine rings is 2. The van der Waals surface area contributed by atoms with Crippen molar-refractivity contribution in [2.45, 2.75) is 83.2 Å². The molecule has 8 rings (SSSR count). The van der Waals surface area contributed by atoms with E-state index in [-0.39, 0.29) is 49.3 Å². The molecule has 388 valence electrons. The molecule has 8 aromatic rings. The summed E-state index contributed by atoms with van der Waals surface area (Å²) in [6.45, 7) is 0. The van der Waals surface area contributed by atoms with Crippen molar-refractivity contribution in [3.05, 3.63) is 134 Å². The van der Waals surface area contributed by atoms with Crippen molar-refractivity contribution in [2.75, 3.05) is 52.2 Å². The summed E-state index contributed by atoms with van der Waals surface area (Å²) < 4.78 is 0. The number of aromatic nitrogens is 10. The van der Waals surface area contributed by atoms with Crippen molar-refractivity contribution in [3.63, 3.8) is 0 Å². The number of nitrogens with zero attached hydrogens (tertiary/aromatic N) is 12. The molecule has 0 saturated carbocycles. The van der Waals surface area contributed by atoms with Crippen LogP contribution in [0.3, 0.4) is 0 Å². The van der Waals surface area contributed by atoms with Gasteiger partial charge in [0.25, 0.3) is 0 Å². The first-order chi connectivity index (χ1) is 36.3. The van der Waals surface area contributed by atoms with Crippen LogP contribution in [0.5, 0.6) is 0 Å². The predicted molar refractivity (Wildman–Crippen MR) is 292 cm³/mol. The molecule has 75 heavy (non-hydrogen) atoms. The first kappa shape index (κ1) is 53.7. The van der Waals surface area contributed by atoms with Gasteiger partial charge in [-0.05, 0) is 85.3 Å². The van der Waals surface area contributed by atoms with Crippen molar-refractivity contribution >= 4 is 107 Å². The van der Waals surface area contributed by atoms with Crippen LogP contribution in [0, 0.1) is 0 Å². The van der Waals surface area contributed by atoms with Crippen LogP contribution in [-0.2, 0) is 70.5 Å². The molecular weight excluding hydrogens is 1030 g/mol. The highest BCUT2D eigenvalue weighted by Gasteiger charge is 2.17. The Morgan fingerprint density at radius 3 is 1.31 bits per heavy atom. The standard InChI is InChI=1S/C50H54N16O5S4/c1-65(2)35-16-11-31(12-17-35)26-39(68)53-47-61-57-43(72-47)9-4-5-10-44-58-62-48(73-44)54-40(69)27-32-13-18-36(19-14-32)66(3)37-20-15-34(52-30-37)29-42(71)56-50-64-60-46(75-50)24-22-38(67)21-23-45-59-63-49(74-45)55-41(70)28-33-8-6-7-25-51-33/h6-8,11-20,25,30,38,67H,4-5,9-10,21-24,26-29H2,1-3H3,(H,53,61,68)(H,54,62,69)(H,55,63,70)(H,56,64,71). The largest absolute Gasteiger partial charge is 0.393 e. The highest BCUT2D eigenvalue weighted by atomic mass is 32.1. The van der Waals surface area contributed by atoms with Crippen LogP contribution < -0.4 is 31.1 Å². The van der Waals surface area contributed by atoms with E-state index in [0.29, 0.717) is 74.0 Å². The van der Waals surface area contributed by atoms with Gasteiger partial charge in [-0.2, -0.15) is 0 Å². The molecule has 0 aliphatic rings. The number of hydrogen-bond acceptors (Lipinski definition) is 21. The lowest BCUT2D eigenvalue weighted by Gasteiger charge is -2.19. The lowest BCUT2D eigenvalue weighted by Crippen LogP contribution is -2.16. The zero-order chi connectivity index (χ0) is 52.5. The minimum absolute atomic E-state index is 0.0417. The smallest absolute Gasteiger partial charge is 0.232 e. The van der Waals surface area contributed by atoms with Crippen LogP contribution in [0.25, 0.3) is 0 Å². The van der Waals surface area contributed by atoms with E-state index in [4.69, 9.17) is 0 Å². The monoisotopic (exact) mass is 1090 g/mol. The molecule has 1 atom stereocenters. The third kappa shape index (κ3) is 17.0. The molecule has 1 unspecified atom stereocenters. The molecule has 0 bridgehead atoms. The highest BCUT2D eigenvalue weighted by molar-refractivity contribution is 7.16. The molecule has 0 aliphatic carbocycles. The lowest BCUT2D eigenvalue weighted by molar-refractivity contribution is -0.116. The minimum atomic E-state index is -0.611. The second kappa shape index (κ2) is 26.6. The van der Waals surface area contributed by atoms with E-state index in [1.54, 1.807) is 30.6 Å². The van der Waals surface area contributed by atoms with E-state index in [2.05, 4.69) is 72.0 Å². The Kier molecular flexibility index (Phi) is 19.0. The minimum Gasteiger partial charge on any atom is -0.393 e. The average molecular weight is 1090 g/mol. The summed E-state index contributed by atoms with van der Waals surface area (Å²) in [6, 6.07) is 24.6. The molecule has 2 aromatic carbocycles. The molecule has 21 nitrogen and oxygen atoms in total. The number of aliphatic hydroxyl groups is 1. The van der Waals surface area contributed by atoms with Crippen molar-refractivity contribution in [3.8, 4) is 0 Å². The number of hydrogen-bond donors (Lipinski definition) is 5. The van der Waals surface area contributed by atoms with Gasteiger partial charge in [-0.1, -0.05) is 75.7 Å². The number of benzene rings is 2. The predicted octanol–water partition coefficient (Wildman–Crippen LogP) is 6.93. The summed E-state index contributed by atoms with van der Waals surface area (Å²) >= 11 is 5.26. The van der Waals surface area contributed by atoms with Gasteiger partial charge in [0.05, 0.1) is 43.7 Å². The molecule has 0 fully saturated rings. The van der Waals surface area contributed by atoms with Gasteiger partial charge in [0.15, 0.2) is 0 Å². The maximum atomic E-state index is 12.9. The number of aryl methyl sites for hydroxylation is 4. The van der Waals surface area contributed by atoms with E-state index in [1.807, 2.05) is 91.6 Å². The third-order valence-electron chi connectivity index (χ3n) is 11.4. The normalized spacial score (nSPS) is 11.5. The van der Waals surface area contributed by atoms with Crippen LogP contribution in [0.4, 0.5) is 37.6 Å². The Bertz CT molecular complexity index is 3130. The summed E-state index contributed by atoms with van der Waals surface area (Å²) in [5.74, 6) is -0.835. The fraction of sp³-hybridized carbons (Fsp3) is 0.320. The zero-order valence-corrected chi connectivity index (χ0v) is 44.6. The molecule has 6 aromatic heterocycles. The van der Waals surface area contributed by atoms with Gasteiger partial charge in [-0.15, -0.1) is 40.8 Å². The lowest BCUT2D eigenvalue weighted by atomic mass is 10.1. The topological polar surface area (TPSA) is 272 Å². The number of nitrogens with one attached hydrogen (secondary N) is 4. The fourth-order valence-electron chi connectivity index (χ4n) is 7.37. The highest BCUT2D eigenvalue weighted by Crippen LogP contribution is 2.26. The van der Waals surface area contributed by atoms with Crippen molar-refractivity contribution in [1.82, 2.24) is 50.8 Å². The molecular formula is C50H54N16O5S4. The van der Waals surface area contributed by atoms with E-state index in [9.17, 15) is 24.3 Å². The molecule has 0 spiro atoms. The summed E-state index contributed by atoms with van der Waals surface area (Å²) in [6.07, 6.45) is 8.39. The van der Waals surface area contributed by atoms with Gasteiger partial charge >= 0.3 is 0 Å². The van der Waals surface area contributed by atoms with Gasteiger partial charge in [0, 0.05) is 75.8 Å². The van der Waals surface area contributed by atoms with E-state index >= 15 is 0 Å². The quantitative estimate of drug-likeness (QED) is 0.0344. The second-order valence-electron chi connectivity index (χ2n) is 17.5. The number of carbonyl (C=O) groups excluding carboxylic acids is 4. The third-order valence-corrected chi connectivity index (χ3v) is 15.0. The Morgan fingerprint density at radius 2 is 0.893 bits per heavy atom. The van der Waals surface area contributed by atoms with Crippen molar-refractivity contribution in [1.29, 1.82) is 0 Å². The Morgan fingerprint density at radius 1 is 0.480 bits per heavy atom. The van der Waals surface area contributed by atoms with E-state index < -0.39 is 6.10 Å². The SMILES string of the molecule is CN(C)c1ccc(CC(=O)Nc2nnc(CCCCc3nnc(NC(=O)Cc4ccc(N(C)c5ccc(CC(=O)Nc6nnc(CCC(O)CCc7nnc(NC(=O)Cc8ccccn8)s7)s6)nc5)cc4)s3)s2)cc1. The second-order valence-corrected chi connectivity index (χ2v) is 21.7. The van der Waals surface area contributed by atoms with Crippen LogP contribution in [0.2, 0.25) is 0 Å². The summed E-state index contributed by atoms with van der Waals surface area (Å²) in [7, 11) is 5.86. The molecule has 0 aliphatic heterocycles. The maximum absolute atomic E-state index is 12.9. The summed E-state index contributed by atoms with van der Waals surface area (Å²) in [5.41, 5.74) is 5.78. The van der Waals surface area contributed by atoms with Crippen LogP contribution in [0.1, 0.15) is 68.2 Å². The van der Waals surface area contributed by atoms with Gasteiger partial charge in [0.2, 0.25) is 44.2 Å². The van der Waals surface area contributed by atoms with Gasteiger partial charge < -0.3 is 36.2 Å². The maximum Gasteiger partial charge on any atom is 0.232 e. The van der Waals surface area contributed by atoms with Crippen LogP contribution in [-0.4, -0.2) is 107 Å². The number of amides is 4. The molecule has 5 N–H and O–H groups in total. The summed E-state index contributed by atoms with van der Waals surface area (Å²) in [5, 5.41) is 59.9. The molecule has 25 heteroatoms. The van der Waals surface area contributed by atoms with E-state index in [1.165, 1.54) is 45.3 Å².